The van der Waals surface area contributed by atoms with Gasteiger partial charge in [-0.05, 0) is 51.0 Å². The molecule has 1 aromatic heterocycles. The summed E-state index contributed by atoms with van der Waals surface area (Å²) in [4.78, 5) is 28.5. The number of carbonyl (C=O) groups is 1. The number of carbonyl (C=O) groups excluding carboxylic acids is 1. The number of ether oxygens (including phenoxy) is 2. The second kappa shape index (κ2) is 9.82. The van der Waals surface area contributed by atoms with Gasteiger partial charge in [0.15, 0.2) is 6.29 Å². The fourth-order valence-corrected chi connectivity index (χ4v) is 5.23. The third-order valence-electron chi connectivity index (χ3n) is 6.90. The average molecular weight is 444 g/mol. The van der Waals surface area contributed by atoms with Crippen LogP contribution in [0.4, 0.5) is 5.82 Å². The van der Waals surface area contributed by atoms with Crippen LogP contribution >= 0.6 is 0 Å². The molecule has 4 aliphatic rings. The molecule has 0 aromatic carbocycles. The van der Waals surface area contributed by atoms with Crippen molar-refractivity contribution < 1.29 is 19.1 Å². The number of hydroxylamine groups is 1. The highest BCUT2D eigenvalue weighted by atomic mass is 16.8. The standard InChI is InChI=1S/C23H33N5O4/c29-21(27-32-22-3-1-2-12-30-22)5-4-17-13-25-20(14-24-17)26-18-8-11-28(15-18)16-23-9-6-19(31-23)7-10-23/h4-5,13-14,18-19,22H,1-3,6-12,15-16H2,(H,25,26)(H,27,29)/t18-,19?,22?,23?/m1/s1. The molecular weight excluding hydrogens is 410 g/mol. The number of fused-ring (bicyclic) bond motifs is 2. The van der Waals surface area contributed by atoms with Crippen molar-refractivity contribution in [1.82, 2.24) is 20.3 Å². The zero-order chi connectivity index (χ0) is 21.8. The van der Waals surface area contributed by atoms with E-state index in [1.54, 1.807) is 18.5 Å². The van der Waals surface area contributed by atoms with Crippen molar-refractivity contribution >= 4 is 17.8 Å². The Hall–Kier alpha value is -2.07. The Labute approximate surface area is 188 Å². The van der Waals surface area contributed by atoms with Crippen molar-refractivity contribution in [2.75, 3.05) is 31.6 Å². The van der Waals surface area contributed by atoms with Crippen LogP contribution in [0.2, 0.25) is 0 Å². The van der Waals surface area contributed by atoms with Crippen LogP contribution in [0.1, 0.15) is 57.1 Å². The zero-order valence-electron chi connectivity index (χ0n) is 18.5. The molecule has 1 unspecified atom stereocenters. The molecule has 4 fully saturated rings. The summed E-state index contributed by atoms with van der Waals surface area (Å²) >= 11 is 0. The largest absolute Gasteiger partial charge is 0.370 e. The van der Waals surface area contributed by atoms with E-state index >= 15 is 0 Å². The first-order valence-corrected chi connectivity index (χ1v) is 11.9. The monoisotopic (exact) mass is 443 g/mol. The van der Waals surface area contributed by atoms with E-state index in [1.165, 1.54) is 31.8 Å². The molecule has 2 bridgehead atoms. The molecule has 0 saturated carbocycles. The quantitative estimate of drug-likeness (QED) is 0.466. The number of amides is 1. The van der Waals surface area contributed by atoms with E-state index in [1.807, 2.05) is 0 Å². The summed E-state index contributed by atoms with van der Waals surface area (Å²) < 4.78 is 11.7. The molecule has 0 spiro atoms. The smallest absolute Gasteiger partial charge is 0.267 e. The minimum absolute atomic E-state index is 0.119. The van der Waals surface area contributed by atoms with Crippen molar-refractivity contribution in [3.05, 3.63) is 24.2 Å². The second-order valence-corrected chi connectivity index (χ2v) is 9.41. The van der Waals surface area contributed by atoms with Crippen LogP contribution in [0.3, 0.4) is 0 Å². The molecule has 2 atom stereocenters. The van der Waals surface area contributed by atoms with E-state index < -0.39 is 0 Å². The number of nitrogens with one attached hydrogen (secondary N) is 2. The number of anilines is 1. The number of hydrogen-bond donors (Lipinski definition) is 2. The lowest BCUT2D eigenvalue weighted by Crippen LogP contribution is -2.41. The lowest BCUT2D eigenvalue weighted by Gasteiger charge is -2.30. The topological polar surface area (TPSA) is 97.8 Å². The molecule has 9 nitrogen and oxygen atoms in total. The molecule has 9 heteroatoms. The number of aromatic nitrogens is 2. The van der Waals surface area contributed by atoms with Crippen LogP contribution in [0.15, 0.2) is 18.5 Å². The average Bonchev–Trinajstić information content (AvgIpc) is 3.54. The first-order valence-electron chi connectivity index (χ1n) is 11.9. The minimum Gasteiger partial charge on any atom is -0.370 e. The number of hydrogen-bond acceptors (Lipinski definition) is 8. The number of nitrogens with zero attached hydrogens (tertiary/aromatic N) is 3. The molecule has 2 N–H and O–H groups in total. The third-order valence-corrected chi connectivity index (χ3v) is 6.90. The van der Waals surface area contributed by atoms with Crippen molar-refractivity contribution in [3.8, 4) is 0 Å². The lowest BCUT2D eigenvalue weighted by atomic mass is 9.88. The Morgan fingerprint density at radius 1 is 1.22 bits per heavy atom. The van der Waals surface area contributed by atoms with Gasteiger partial charge in [-0.15, -0.1) is 0 Å². The van der Waals surface area contributed by atoms with Crippen molar-refractivity contribution in [3.63, 3.8) is 0 Å². The molecule has 4 saturated heterocycles. The van der Waals surface area contributed by atoms with E-state index in [9.17, 15) is 4.79 Å². The first-order chi connectivity index (χ1) is 15.7. The van der Waals surface area contributed by atoms with Gasteiger partial charge in [-0.25, -0.2) is 15.3 Å². The summed E-state index contributed by atoms with van der Waals surface area (Å²) in [5, 5.41) is 3.49. The van der Waals surface area contributed by atoms with Crippen LogP contribution < -0.4 is 10.8 Å². The molecule has 1 aromatic rings. The molecule has 5 heterocycles. The Kier molecular flexibility index (Phi) is 6.68. The number of rotatable bonds is 8. The van der Waals surface area contributed by atoms with Gasteiger partial charge in [-0.3, -0.25) is 14.7 Å². The summed E-state index contributed by atoms with van der Waals surface area (Å²) in [6, 6.07) is 0.366. The Balaban J connectivity index is 1.04. The van der Waals surface area contributed by atoms with E-state index in [-0.39, 0.29) is 17.8 Å². The highest BCUT2D eigenvalue weighted by molar-refractivity contribution is 5.90. The van der Waals surface area contributed by atoms with Crippen LogP contribution in [-0.4, -0.2) is 71.1 Å². The van der Waals surface area contributed by atoms with Crippen molar-refractivity contribution in [2.24, 2.45) is 0 Å². The van der Waals surface area contributed by atoms with Crippen LogP contribution in [0.25, 0.3) is 6.08 Å². The summed E-state index contributed by atoms with van der Waals surface area (Å²) in [5.74, 6) is 0.404. The number of likely N-dealkylation sites (tertiary alicyclic amines) is 1. The van der Waals surface area contributed by atoms with E-state index in [4.69, 9.17) is 14.3 Å². The first kappa shape index (κ1) is 21.8. The highest BCUT2D eigenvalue weighted by Crippen LogP contribution is 2.44. The zero-order valence-corrected chi connectivity index (χ0v) is 18.5. The fraction of sp³-hybridized carbons (Fsp3) is 0.696. The molecule has 0 radical (unpaired) electrons. The predicted octanol–water partition coefficient (Wildman–Crippen LogP) is 2.26. The summed E-state index contributed by atoms with van der Waals surface area (Å²) in [6.45, 7) is 3.81. The highest BCUT2D eigenvalue weighted by Gasteiger charge is 2.47. The fourth-order valence-electron chi connectivity index (χ4n) is 5.23. The van der Waals surface area contributed by atoms with Crippen molar-refractivity contribution in [1.29, 1.82) is 0 Å². The van der Waals surface area contributed by atoms with Gasteiger partial charge < -0.3 is 14.8 Å². The van der Waals surface area contributed by atoms with Gasteiger partial charge in [0, 0.05) is 44.8 Å². The van der Waals surface area contributed by atoms with Crippen LogP contribution in [0, 0.1) is 0 Å². The van der Waals surface area contributed by atoms with Gasteiger partial charge in [0.2, 0.25) is 0 Å². The van der Waals surface area contributed by atoms with Gasteiger partial charge in [-0.2, -0.15) is 0 Å². The Morgan fingerprint density at radius 3 is 2.84 bits per heavy atom. The molecule has 5 rings (SSSR count). The molecular formula is C23H33N5O4. The SMILES string of the molecule is O=C(C=Cc1cnc(N[C@@H]2CCN(CC34CCC(CC3)O4)C2)cn1)NOC1CCCCO1. The van der Waals surface area contributed by atoms with Crippen LogP contribution in [-0.2, 0) is 19.1 Å². The van der Waals surface area contributed by atoms with E-state index in [0.29, 0.717) is 24.4 Å². The molecule has 32 heavy (non-hydrogen) atoms. The summed E-state index contributed by atoms with van der Waals surface area (Å²) in [7, 11) is 0. The summed E-state index contributed by atoms with van der Waals surface area (Å²) in [5.41, 5.74) is 3.13. The third kappa shape index (κ3) is 5.46. The molecule has 4 aliphatic heterocycles. The van der Waals surface area contributed by atoms with E-state index in [2.05, 4.69) is 25.7 Å². The van der Waals surface area contributed by atoms with Gasteiger partial charge in [-0.1, -0.05) is 0 Å². The van der Waals surface area contributed by atoms with Gasteiger partial charge in [0.1, 0.15) is 5.82 Å². The Bertz CT molecular complexity index is 803. The maximum atomic E-state index is 11.9. The molecule has 174 valence electrons. The molecule has 1 amide bonds. The second-order valence-electron chi connectivity index (χ2n) is 9.41. The summed E-state index contributed by atoms with van der Waals surface area (Å²) in [6.07, 6.45) is 15.4. The van der Waals surface area contributed by atoms with Crippen LogP contribution in [0.5, 0.6) is 0 Å². The lowest BCUT2D eigenvalue weighted by molar-refractivity contribution is -0.198. The molecule has 0 aliphatic carbocycles. The minimum atomic E-state index is -0.363. The normalized spacial score (nSPS) is 32.6. The van der Waals surface area contributed by atoms with Gasteiger partial charge in [0.05, 0.1) is 29.8 Å². The maximum Gasteiger partial charge on any atom is 0.267 e. The maximum absolute atomic E-state index is 11.9. The van der Waals surface area contributed by atoms with Gasteiger partial charge in [0.25, 0.3) is 5.91 Å². The van der Waals surface area contributed by atoms with Crippen molar-refractivity contribution in [2.45, 2.75) is 75.4 Å². The predicted molar refractivity (Wildman–Crippen MR) is 118 cm³/mol. The van der Waals surface area contributed by atoms with E-state index in [0.717, 1.165) is 51.1 Å². The van der Waals surface area contributed by atoms with Gasteiger partial charge >= 0.3 is 0 Å². The Morgan fingerprint density at radius 2 is 2.12 bits per heavy atom.